The van der Waals surface area contributed by atoms with Crippen molar-refractivity contribution in [3.8, 4) is 5.75 Å². The summed E-state index contributed by atoms with van der Waals surface area (Å²) in [6, 6.07) is 12.7. The minimum Gasteiger partial charge on any atom is -0.496 e. The molecule has 0 aliphatic rings. The van der Waals surface area contributed by atoms with Gasteiger partial charge in [0, 0.05) is 32.3 Å². The van der Waals surface area contributed by atoms with Gasteiger partial charge in [-0.1, -0.05) is 24.3 Å². The fraction of sp³-hybridized carbons (Fsp3) is 0.316. The predicted molar refractivity (Wildman–Crippen MR) is 103 cm³/mol. The summed E-state index contributed by atoms with van der Waals surface area (Å²) >= 11 is 0. The normalized spacial score (nSPS) is 11.1. The number of methoxy groups -OCH3 is 1. The van der Waals surface area contributed by atoms with E-state index in [0.717, 1.165) is 23.3 Å². The molecule has 0 fully saturated rings. The van der Waals surface area contributed by atoms with Crippen molar-refractivity contribution in [1.29, 1.82) is 0 Å². The fourth-order valence-corrected chi connectivity index (χ4v) is 2.53. The highest BCUT2D eigenvalue weighted by Gasteiger charge is 2.06. The molecule has 0 saturated heterocycles. The molecule has 2 N–H and O–H groups in total. The molecule has 0 aromatic heterocycles. The Morgan fingerprint density at radius 2 is 2.00 bits per heavy atom. The van der Waals surface area contributed by atoms with Gasteiger partial charge in [-0.2, -0.15) is 0 Å². The maximum atomic E-state index is 10.8. The Bertz CT molecular complexity index is 790. The topological polar surface area (TPSA) is 88.8 Å². The molecule has 0 bridgehead atoms. The Balaban J connectivity index is 1.84. The molecule has 7 heteroatoms. The average molecular weight is 356 g/mol. The number of nitro benzene ring substituents is 1. The van der Waals surface area contributed by atoms with Crippen molar-refractivity contribution in [2.24, 2.45) is 4.99 Å². The van der Waals surface area contributed by atoms with Gasteiger partial charge in [-0.3, -0.25) is 15.1 Å². The van der Waals surface area contributed by atoms with Crippen molar-refractivity contribution in [2.45, 2.75) is 19.9 Å². The average Bonchev–Trinajstić information content (AvgIpc) is 2.65. The van der Waals surface area contributed by atoms with Crippen molar-refractivity contribution in [3.63, 3.8) is 0 Å². The van der Waals surface area contributed by atoms with Gasteiger partial charge in [-0.25, -0.2) is 0 Å². The smallest absolute Gasteiger partial charge is 0.269 e. The van der Waals surface area contributed by atoms with Gasteiger partial charge in [0.25, 0.3) is 5.69 Å². The minimum absolute atomic E-state index is 0.0839. The molecule has 0 heterocycles. The van der Waals surface area contributed by atoms with Gasteiger partial charge in [0.1, 0.15) is 5.75 Å². The molecule has 0 atom stereocenters. The molecule has 26 heavy (non-hydrogen) atoms. The molecule has 7 nitrogen and oxygen atoms in total. The molecule has 0 amide bonds. The Morgan fingerprint density at radius 3 is 2.69 bits per heavy atom. The summed E-state index contributed by atoms with van der Waals surface area (Å²) in [5.74, 6) is 1.53. The van der Waals surface area contributed by atoms with Gasteiger partial charge < -0.3 is 15.4 Å². The largest absolute Gasteiger partial charge is 0.496 e. The van der Waals surface area contributed by atoms with Crippen molar-refractivity contribution < 1.29 is 9.66 Å². The van der Waals surface area contributed by atoms with E-state index in [1.54, 1.807) is 26.3 Å². The number of benzene rings is 2. The number of ether oxygens (including phenoxy) is 1. The third kappa shape index (κ3) is 5.47. The van der Waals surface area contributed by atoms with Crippen LogP contribution in [0.4, 0.5) is 5.69 Å². The van der Waals surface area contributed by atoms with E-state index in [2.05, 4.69) is 21.7 Å². The number of rotatable bonds is 7. The predicted octanol–water partition coefficient (Wildman–Crippen LogP) is 2.82. The van der Waals surface area contributed by atoms with Gasteiger partial charge in [0.2, 0.25) is 0 Å². The van der Waals surface area contributed by atoms with Crippen molar-refractivity contribution in [2.75, 3.05) is 20.7 Å². The van der Waals surface area contributed by atoms with E-state index in [4.69, 9.17) is 4.74 Å². The van der Waals surface area contributed by atoms with Crippen LogP contribution in [-0.2, 0) is 13.0 Å². The summed E-state index contributed by atoms with van der Waals surface area (Å²) < 4.78 is 5.34. The van der Waals surface area contributed by atoms with Crippen molar-refractivity contribution in [1.82, 2.24) is 10.6 Å². The molecule has 0 spiro atoms. The molecule has 0 unspecified atom stereocenters. The van der Waals surface area contributed by atoms with E-state index in [1.165, 1.54) is 11.6 Å². The standard InChI is InChI=1S/C19H24N4O3/c1-14-7-8-15(12-18(14)26-3)9-10-21-19(20-2)22-13-16-5-4-6-17(11-16)23(24)25/h4-8,11-12H,9-10,13H2,1-3H3,(H2,20,21,22). The van der Waals surface area contributed by atoms with Gasteiger partial charge in [-0.15, -0.1) is 0 Å². The summed E-state index contributed by atoms with van der Waals surface area (Å²) in [6.07, 6.45) is 0.828. The molecular weight excluding hydrogens is 332 g/mol. The number of aryl methyl sites for hydroxylation is 1. The second-order valence-corrected chi connectivity index (χ2v) is 5.83. The zero-order valence-electron chi connectivity index (χ0n) is 15.3. The lowest BCUT2D eigenvalue weighted by Crippen LogP contribution is -2.37. The van der Waals surface area contributed by atoms with Crippen LogP contribution in [0, 0.1) is 17.0 Å². The third-order valence-electron chi connectivity index (χ3n) is 3.98. The minimum atomic E-state index is -0.396. The summed E-state index contributed by atoms with van der Waals surface area (Å²) in [6.45, 7) is 3.18. The van der Waals surface area contributed by atoms with Crippen LogP contribution in [0.1, 0.15) is 16.7 Å². The van der Waals surface area contributed by atoms with E-state index < -0.39 is 4.92 Å². The summed E-state index contributed by atoms with van der Waals surface area (Å²) in [4.78, 5) is 14.6. The lowest BCUT2D eigenvalue weighted by Gasteiger charge is -2.12. The second kappa shape index (κ2) is 9.41. The second-order valence-electron chi connectivity index (χ2n) is 5.83. The zero-order chi connectivity index (χ0) is 18.9. The highest BCUT2D eigenvalue weighted by molar-refractivity contribution is 5.79. The number of nitro groups is 1. The first-order valence-corrected chi connectivity index (χ1v) is 8.35. The highest BCUT2D eigenvalue weighted by Crippen LogP contribution is 2.19. The monoisotopic (exact) mass is 356 g/mol. The van der Waals surface area contributed by atoms with Crippen LogP contribution in [0.2, 0.25) is 0 Å². The van der Waals surface area contributed by atoms with Crippen LogP contribution in [0.3, 0.4) is 0 Å². The van der Waals surface area contributed by atoms with Gasteiger partial charge in [0.05, 0.1) is 12.0 Å². The van der Waals surface area contributed by atoms with Crippen molar-refractivity contribution in [3.05, 3.63) is 69.3 Å². The Labute approximate surface area is 153 Å². The lowest BCUT2D eigenvalue weighted by molar-refractivity contribution is -0.384. The number of hydrogen-bond acceptors (Lipinski definition) is 4. The highest BCUT2D eigenvalue weighted by atomic mass is 16.6. The van der Waals surface area contributed by atoms with E-state index >= 15 is 0 Å². The van der Waals surface area contributed by atoms with Crippen LogP contribution in [0.5, 0.6) is 5.75 Å². The summed E-state index contributed by atoms with van der Waals surface area (Å²) in [5, 5.41) is 17.2. The third-order valence-corrected chi connectivity index (χ3v) is 3.98. The molecular formula is C19H24N4O3. The Morgan fingerprint density at radius 1 is 1.19 bits per heavy atom. The maximum absolute atomic E-state index is 10.8. The van der Waals surface area contributed by atoms with Gasteiger partial charge in [0.15, 0.2) is 5.96 Å². The molecule has 0 radical (unpaired) electrons. The van der Waals surface area contributed by atoms with Crippen LogP contribution >= 0.6 is 0 Å². The maximum Gasteiger partial charge on any atom is 0.269 e. The number of nitrogens with one attached hydrogen (secondary N) is 2. The number of aliphatic imine (C=N–C) groups is 1. The quantitative estimate of drug-likeness (QED) is 0.345. The lowest BCUT2D eigenvalue weighted by atomic mass is 10.1. The Hall–Kier alpha value is -3.09. The van der Waals surface area contributed by atoms with E-state index in [1.807, 2.05) is 25.1 Å². The fourth-order valence-electron chi connectivity index (χ4n) is 2.53. The number of non-ortho nitro benzene ring substituents is 1. The molecule has 2 aromatic rings. The molecule has 2 aromatic carbocycles. The van der Waals surface area contributed by atoms with Crippen molar-refractivity contribution >= 4 is 11.6 Å². The number of nitrogens with zero attached hydrogens (tertiary/aromatic N) is 2. The van der Waals surface area contributed by atoms with Crippen LogP contribution in [0.25, 0.3) is 0 Å². The van der Waals surface area contributed by atoms with E-state index in [0.29, 0.717) is 19.0 Å². The number of guanidine groups is 1. The van der Waals surface area contributed by atoms with E-state index in [9.17, 15) is 10.1 Å². The molecule has 2 rings (SSSR count). The van der Waals surface area contributed by atoms with Crippen LogP contribution < -0.4 is 15.4 Å². The Kier molecular flexibility index (Phi) is 6.96. The number of hydrogen-bond donors (Lipinski definition) is 2. The van der Waals surface area contributed by atoms with E-state index in [-0.39, 0.29) is 5.69 Å². The molecule has 138 valence electrons. The van der Waals surface area contributed by atoms with Crippen LogP contribution in [0.15, 0.2) is 47.5 Å². The molecule has 0 saturated carbocycles. The first-order valence-electron chi connectivity index (χ1n) is 8.35. The molecule has 0 aliphatic heterocycles. The van der Waals surface area contributed by atoms with Crippen LogP contribution in [-0.4, -0.2) is 31.6 Å². The molecule has 0 aliphatic carbocycles. The zero-order valence-corrected chi connectivity index (χ0v) is 15.3. The summed E-state index contributed by atoms with van der Waals surface area (Å²) in [5.41, 5.74) is 3.19. The first-order chi connectivity index (χ1) is 12.5. The SMILES string of the molecule is CN=C(NCCc1ccc(C)c(OC)c1)NCc1cccc([N+](=O)[O-])c1. The summed E-state index contributed by atoms with van der Waals surface area (Å²) in [7, 11) is 3.36. The van der Waals surface area contributed by atoms with Gasteiger partial charge >= 0.3 is 0 Å². The first kappa shape index (κ1) is 19.2. The van der Waals surface area contributed by atoms with Gasteiger partial charge in [-0.05, 0) is 36.1 Å².